The molecule has 0 aliphatic carbocycles. The molecule has 0 radical (unpaired) electrons. The highest BCUT2D eigenvalue weighted by molar-refractivity contribution is 5.76. The predicted octanol–water partition coefficient (Wildman–Crippen LogP) is 0.941. The van der Waals surface area contributed by atoms with E-state index in [2.05, 4.69) is 34.4 Å². The van der Waals surface area contributed by atoms with E-state index in [1.807, 2.05) is 6.92 Å². The van der Waals surface area contributed by atoms with Gasteiger partial charge in [0.2, 0.25) is 11.9 Å². The summed E-state index contributed by atoms with van der Waals surface area (Å²) in [7, 11) is 0. The van der Waals surface area contributed by atoms with Crippen LogP contribution in [0.3, 0.4) is 0 Å². The Labute approximate surface area is 107 Å². The van der Waals surface area contributed by atoms with Crippen molar-refractivity contribution in [2.24, 2.45) is 5.92 Å². The summed E-state index contributed by atoms with van der Waals surface area (Å²) in [4.78, 5) is 19.4. The van der Waals surface area contributed by atoms with Crippen LogP contribution in [0.25, 0.3) is 0 Å². The summed E-state index contributed by atoms with van der Waals surface area (Å²) in [5, 5.41) is 5.94. The number of rotatable bonds is 6. The van der Waals surface area contributed by atoms with Gasteiger partial charge in [-0.15, -0.1) is 0 Å². The monoisotopic (exact) mass is 251 g/mol. The molecule has 0 bridgehead atoms. The molecular formula is C12H21N5O. The molecule has 18 heavy (non-hydrogen) atoms. The van der Waals surface area contributed by atoms with Gasteiger partial charge in [0, 0.05) is 31.3 Å². The molecule has 0 aliphatic heterocycles. The highest BCUT2D eigenvalue weighted by atomic mass is 16.1. The molecule has 0 fully saturated rings. The summed E-state index contributed by atoms with van der Waals surface area (Å²) in [6, 6.07) is 0. The van der Waals surface area contributed by atoms with Crippen LogP contribution in [0.2, 0.25) is 0 Å². The lowest BCUT2D eigenvalue weighted by molar-refractivity contribution is -0.120. The molecule has 1 aromatic rings. The van der Waals surface area contributed by atoms with Crippen molar-refractivity contribution in [2.75, 3.05) is 24.1 Å². The van der Waals surface area contributed by atoms with E-state index < -0.39 is 0 Å². The molecule has 0 saturated carbocycles. The number of hydrogen-bond acceptors (Lipinski definition) is 5. The van der Waals surface area contributed by atoms with Crippen LogP contribution in [0.4, 0.5) is 11.8 Å². The molecule has 0 spiro atoms. The minimum Gasteiger partial charge on any atom is -0.369 e. The Bertz CT molecular complexity index is 405. The van der Waals surface area contributed by atoms with Crippen LogP contribution in [-0.4, -0.2) is 29.0 Å². The van der Waals surface area contributed by atoms with Crippen molar-refractivity contribution < 1.29 is 4.79 Å². The molecule has 1 heterocycles. The maximum atomic E-state index is 11.5. The van der Waals surface area contributed by atoms with E-state index in [4.69, 9.17) is 5.73 Å². The summed E-state index contributed by atoms with van der Waals surface area (Å²) in [6.45, 7) is 7.25. The number of hydrogen-bond donors (Lipinski definition) is 3. The number of nitrogens with zero attached hydrogens (tertiary/aromatic N) is 2. The Kier molecular flexibility index (Phi) is 5.35. The molecule has 6 nitrogen and oxygen atoms in total. The second-order valence-corrected chi connectivity index (χ2v) is 4.63. The van der Waals surface area contributed by atoms with Gasteiger partial charge in [-0.2, -0.15) is 4.98 Å². The number of carbonyl (C=O) groups excluding carboxylic acids is 1. The van der Waals surface area contributed by atoms with Gasteiger partial charge in [-0.25, -0.2) is 4.98 Å². The van der Waals surface area contributed by atoms with Crippen molar-refractivity contribution in [3.05, 3.63) is 11.8 Å². The summed E-state index contributed by atoms with van der Waals surface area (Å²) in [5.74, 6) is 1.41. The number of amides is 1. The zero-order valence-corrected chi connectivity index (χ0v) is 11.2. The van der Waals surface area contributed by atoms with E-state index in [1.54, 1.807) is 6.20 Å². The lowest BCUT2D eigenvalue weighted by Gasteiger charge is -2.10. The van der Waals surface area contributed by atoms with Gasteiger partial charge in [-0.3, -0.25) is 4.79 Å². The zero-order chi connectivity index (χ0) is 13.5. The number of nitrogens with two attached hydrogens (primary N) is 1. The van der Waals surface area contributed by atoms with Gasteiger partial charge < -0.3 is 16.4 Å². The molecule has 0 aromatic carbocycles. The lowest BCUT2D eigenvalue weighted by atomic mass is 10.2. The van der Waals surface area contributed by atoms with Crippen molar-refractivity contribution in [1.82, 2.24) is 15.3 Å². The minimum absolute atomic E-state index is 0.0379. The molecule has 1 amide bonds. The number of nitrogen functional groups attached to an aromatic ring is 1. The molecule has 0 unspecified atom stereocenters. The van der Waals surface area contributed by atoms with Gasteiger partial charge in [0.05, 0.1) is 0 Å². The number of aromatic nitrogens is 2. The van der Waals surface area contributed by atoms with Gasteiger partial charge in [0.25, 0.3) is 0 Å². The average Bonchev–Trinajstić information content (AvgIpc) is 2.31. The Morgan fingerprint density at radius 2 is 2.22 bits per heavy atom. The predicted molar refractivity (Wildman–Crippen MR) is 72.1 cm³/mol. The van der Waals surface area contributed by atoms with Crippen molar-refractivity contribution in [3.8, 4) is 0 Å². The Morgan fingerprint density at radius 1 is 1.50 bits per heavy atom. The van der Waals surface area contributed by atoms with Gasteiger partial charge >= 0.3 is 0 Å². The van der Waals surface area contributed by atoms with Gasteiger partial charge in [0.1, 0.15) is 5.82 Å². The first-order valence-electron chi connectivity index (χ1n) is 6.08. The van der Waals surface area contributed by atoms with E-state index >= 15 is 0 Å². The van der Waals surface area contributed by atoms with Crippen molar-refractivity contribution in [1.29, 1.82) is 0 Å². The number of nitrogens with one attached hydrogen (secondary N) is 2. The van der Waals surface area contributed by atoms with Crippen LogP contribution < -0.4 is 16.4 Å². The van der Waals surface area contributed by atoms with E-state index in [0.29, 0.717) is 31.2 Å². The molecule has 100 valence electrons. The smallest absolute Gasteiger partial charge is 0.221 e. The summed E-state index contributed by atoms with van der Waals surface area (Å²) < 4.78 is 0. The zero-order valence-electron chi connectivity index (χ0n) is 11.2. The third-order valence-electron chi connectivity index (χ3n) is 2.34. The summed E-state index contributed by atoms with van der Waals surface area (Å²) >= 11 is 0. The highest BCUT2D eigenvalue weighted by Crippen LogP contribution is 2.10. The maximum Gasteiger partial charge on any atom is 0.221 e. The molecule has 0 atom stereocenters. The first-order chi connectivity index (χ1) is 8.49. The fourth-order valence-corrected chi connectivity index (χ4v) is 1.34. The number of anilines is 2. The summed E-state index contributed by atoms with van der Waals surface area (Å²) in [5.41, 5.74) is 6.41. The van der Waals surface area contributed by atoms with E-state index in [-0.39, 0.29) is 11.9 Å². The standard InChI is InChI=1S/C12H21N5O/c1-8(2)6-15-10(18)4-5-14-11-9(3)7-16-12(13)17-11/h7-8H,4-6H2,1-3H3,(H,15,18)(H3,13,14,16,17). The van der Waals surface area contributed by atoms with Crippen LogP contribution in [0, 0.1) is 12.8 Å². The van der Waals surface area contributed by atoms with Crippen LogP contribution in [0.1, 0.15) is 25.8 Å². The molecule has 0 saturated heterocycles. The van der Waals surface area contributed by atoms with Crippen molar-refractivity contribution in [2.45, 2.75) is 27.2 Å². The molecule has 1 rings (SSSR count). The first-order valence-corrected chi connectivity index (χ1v) is 6.08. The largest absolute Gasteiger partial charge is 0.369 e. The fraction of sp³-hybridized carbons (Fsp3) is 0.583. The Balaban J connectivity index is 2.33. The third kappa shape index (κ3) is 4.99. The van der Waals surface area contributed by atoms with E-state index in [9.17, 15) is 4.79 Å². The second kappa shape index (κ2) is 6.78. The van der Waals surface area contributed by atoms with E-state index in [1.165, 1.54) is 0 Å². The average molecular weight is 251 g/mol. The topological polar surface area (TPSA) is 92.9 Å². The highest BCUT2D eigenvalue weighted by Gasteiger charge is 2.04. The van der Waals surface area contributed by atoms with Gasteiger partial charge in [0.15, 0.2) is 0 Å². The number of aryl methyl sites for hydroxylation is 1. The third-order valence-corrected chi connectivity index (χ3v) is 2.34. The molecular weight excluding hydrogens is 230 g/mol. The normalized spacial score (nSPS) is 10.4. The lowest BCUT2D eigenvalue weighted by Crippen LogP contribution is -2.28. The van der Waals surface area contributed by atoms with Crippen molar-refractivity contribution in [3.63, 3.8) is 0 Å². The quantitative estimate of drug-likeness (QED) is 0.699. The SMILES string of the molecule is Cc1cnc(N)nc1NCCC(=O)NCC(C)C. The molecule has 0 aliphatic rings. The second-order valence-electron chi connectivity index (χ2n) is 4.63. The minimum atomic E-state index is 0.0379. The van der Waals surface area contributed by atoms with Gasteiger partial charge in [-0.05, 0) is 12.8 Å². The molecule has 1 aromatic heterocycles. The van der Waals surface area contributed by atoms with Gasteiger partial charge in [-0.1, -0.05) is 13.8 Å². The Hall–Kier alpha value is -1.85. The molecule has 4 N–H and O–H groups in total. The Morgan fingerprint density at radius 3 is 2.89 bits per heavy atom. The van der Waals surface area contributed by atoms with Crippen LogP contribution in [0.5, 0.6) is 0 Å². The summed E-state index contributed by atoms with van der Waals surface area (Å²) in [6.07, 6.45) is 2.07. The van der Waals surface area contributed by atoms with Crippen molar-refractivity contribution >= 4 is 17.7 Å². The van der Waals surface area contributed by atoms with Crippen LogP contribution >= 0.6 is 0 Å². The van der Waals surface area contributed by atoms with Crippen LogP contribution in [0.15, 0.2) is 6.20 Å². The maximum absolute atomic E-state index is 11.5. The number of carbonyl (C=O) groups is 1. The fourth-order valence-electron chi connectivity index (χ4n) is 1.34. The van der Waals surface area contributed by atoms with Crippen LogP contribution in [-0.2, 0) is 4.79 Å². The first kappa shape index (κ1) is 14.2. The molecule has 6 heteroatoms. The van der Waals surface area contributed by atoms with E-state index in [0.717, 1.165) is 5.56 Å².